The molecule has 2 fully saturated rings. The molecule has 0 radical (unpaired) electrons. The molecule has 0 spiro atoms. The number of halogens is 1. The lowest BCUT2D eigenvalue weighted by Gasteiger charge is -2.39. The molecule has 8 heteroatoms. The number of nitrogens with one attached hydrogen (secondary N) is 2. The average molecular weight is 528 g/mol. The molecule has 0 saturated carbocycles. The van der Waals surface area contributed by atoms with Crippen LogP contribution in [0, 0.1) is 0 Å². The van der Waals surface area contributed by atoms with Crippen LogP contribution in [0.3, 0.4) is 0 Å². The van der Waals surface area contributed by atoms with Crippen LogP contribution in [-0.4, -0.2) is 86.6 Å². The first-order valence-electron chi connectivity index (χ1n) is 11.0. The summed E-state index contributed by atoms with van der Waals surface area (Å²) in [6.07, 6.45) is 2.23. The highest BCUT2D eigenvalue weighted by Crippen LogP contribution is 2.16. The van der Waals surface area contributed by atoms with Crippen molar-refractivity contribution in [1.82, 2.24) is 20.4 Å². The van der Waals surface area contributed by atoms with Crippen molar-refractivity contribution >= 4 is 41.5 Å². The van der Waals surface area contributed by atoms with Crippen molar-refractivity contribution < 1.29 is 4.79 Å². The number of amides is 1. The van der Waals surface area contributed by atoms with Gasteiger partial charge in [0.25, 0.3) is 0 Å². The van der Waals surface area contributed by atoms with E-state index in [9.17, 15) is 4.79 Å². The molecule has 2 aliphatic heterocycles. The average Bonchev–Trinajstić information content (AvgIpc) is 3.31. The second-order valence-electron chi connectivity index (χ2n) is 7.87. The maximum Gasteiger partial charge on any atom is 0.244 e. The summed E-state index contributed by atoms with van der Waals surface area (Å²) in [5, 5.41) is 6.68. The first kappa shape index (κ1) is 24.7. The maximum absolute atomic E-state index is 12.2. The van der Waals surface area contributed by atoms with Crippen molar-refractivity contribution in [2.24, 2.45) is 4.99 Å². The minimum absolute atomic E-state index is 0. The summed E-state index contributed by atoms with van der Waals surface area (Å²) < 4.78 is 0. The van der Waals surface area contributed by atoms with Gasteiger partial charge in [-0.05, 0) is 38.8 Å². The minimum atomic E-state index is 0. The van der Waals surface area contributed by atoms with Gasteiger partial charge in [0.05, 0.1) is 0 Å². The largest absolute Gasteiger partial charge is 0.369 e. The van der Waals surface area contributed by atoms with Crippen molar-refractivity contribution in [3.63, 3.8) is 0 Å². The standard InChI is InChI=1S/C22H36N6O.HI/c1-3-23-22(25-18-21(29)28-11-7-8-12-28)24-17-19(2)26-13-15-27(16-14-26)20-9-5-4-6-10-20;/h4-6,9-10,19H,3,7-8,11-18H2,1-2H3,(H2,23,24,25);1H. The number of piperazine rings is 1. The number of anilines is 1. The molecular formula is C22H37IN6O. The van der Waals surface area contributed by atoms with Crippen LogP contribution in [0.15, 0.2) is 35.3 Å². The third kappa shape index (κ3) is 7.30. The molecule has 2 N–H and O–H groups in total. The number of hydrogen-bond acceptors (Lipinski definition) is 4. The van der Waals surface area contributed by atoms with E-state index in [0.29, 0.717) is 6.04 Å². The van der Waals surface area contributed by atoms with Crippen molar-refractivity contribution in [3.8, 4) is 0 Å². The number of guanidine groups is 1. The number of likely N-dealkylation sites (tertiary alicyclic amines) is 1. The zero-order valence-corrected chi connectivity index (χ0v) is 20.7. The predicted molar refractivity (Wildman–Crippen MR) is 135 cm³/mol. The highest BCUT2D eigenvalue weighted by molar-refractivity contribution is 14.0. The second-order valence-corrected chi connectivity index (χ2v) is 7.87. The molecule has 1 atom stereocenters. The molecule has 3 rings (SSSR count). The lowest BCUT2D eigenvalue weighted by atomic mass is 10.2. The van der Waals surface area contributed by atoms with Gasteiger partial charge in [-0.15, -0.1) is 24.0 Å². The van der Waals surface area contributed by atoms with Crippen molar-refractivity contribution in [2.75, 3.05) is 63.8 Å². The molecule has 30 heavy (non-hydrogen) atoms. The van der Waals surface area contributed by atoms with E-state index >= 15 is 0 Å². The topological polar surface area (TPSA) is 63.2 Å². The summed E-state index contributed by atoms with van der Waals surface area (Å²) >= 11 is 0. The summed E-state index contributed by atoms with van der Waals surface area (Å²) in [6, 6.07) is 11.0. The van der Waals surface area contributed by atoms with E-state index in [1.54, 1.807) is 0 Å². The summed E-state index contributed by atoms with van der Waals surface area (Å²) in [5.74, 6) is 0.861. The minimum Gasteiger partial charge on any atom is -0.369 e. The number of benzene rings is 1. The number of carbonyl (C=O) groups is 1. The summed E-state index contributed by atoms with van der Waals surface area (Å²) in [6.45, 7) is 12.1. The van der Waals surface area contributed by atoms with Crippen LogP contribution in [0.5, 0.6) is 0 Å². The Kier molecular flexibility index (Phi) is 10.7. The molecule has 2 aliphatic rings. The molecule has 168 valence electrons. The van der Waals surface area contributed by atoms with Gasteiger partial charge in [0.2, 0.25) is 5.91 Å². The Morgan fingerprint density at radius 1 is 1.03 bits per heavy atom. The van der Waals surface area contributed by atoms with Crippen molar-refractivity contribution in [3.05, 3.63) is 30.3 Å². The van der Waals surface area contributed by atoms with E-state index in [4.69, 9.17) is 0 Å². The number of hydrogen-bond donors (Lipinski definition) is 2. The Morgan fingerprint density at radius 3 is 2.33 bits per heavy atom. The first-order valence-corrected chi connectivity index (χ1v) is 11.0. The lowest BCUT2D eigenvalue weighted by Crippen LogP contribution is -2.53. The second kappa shape index (κ2) is 13.0. The molecule has 0 aromatic heterocycles. The lowest BCUT2D eigenvalue weighted by molar-refractivity contribution is -0.128. The molecule has 1 aromatic rings. The van der Waals surface area contributed by atoms with E-state index in [0.717, 1.165) is 71.2 Å². The molecule has 2 heterocycles. The van der Waals surface area contributed by atoms with Crippen LogP contribution in [0.25, 0.3) is 0 Å². The highest BCUT2D eigenvalue weighted by Gasteiger charge is 2.21. The van der Waals surface area contributed by atoms with Gasteiger partial charge in [-0.2, -0.15) is 0 Å². The number of rotatable bonds is 7. The summed E-state index contributed by atoms with van der Waals surface area (Å²) in [7, 11) is 0. The number of carbonyl (C=O) groups excluding carboxylic acids is 1. The van der Waals surface area contributed by atoms with Gasteiger partial charge in [0.15, 0.2) is 5.96 Å². The Morgan fingerprint density at radius 2 is 1.70 bits per heavy atom. The number of aliphatic imine (C=N–C) groups is 1. The van der Waals surface area contributed by atoms with Crippen molar-refractivity contribution in [1.29, 1.82) is 0 Å². The van der Waals surface area contributed by atoms with E-state index < -0.39 is 0 Å². The maximum atomic E-state index is 12.2. The molecule has 1 aromatic carbocycles. The van der Waals surface area contributed by atoms with E-state index in [2.05, 4.69) is 62.7 Å². The van der Waals surface area contributed by atoms with E-state index in [1.807, 2.05) is 11.8 Å². The third-order valence-electron chi connectivity index (χ3n) is 5.80. The fourth-order valence-electron chi connectivity index (χ4n) is 3.99. The van der Waals surface area contributed by atoms with Crippen LogP contribution in [0.1, 0.15) is 26.7 Å². The van der Waals surface area contributed by atoms with Crippen LogP contribution in [-0.2, 0) is 4.79 Å². The Hall–Kier alpha value is -1.55. The van der Waals surface area contributed by atoms with Crippen LogP contribution < -0.4 is 15.5 Å². The number of para-hydroxylation sites is 1. The first-order chi connectivity index (χ1) is 14.2. The number of nitrogens with zero attached hydrogens (tertiary/aromatic N) is 4. The molecule has 0 bridgehead atoms. The van der Waals surface area contributed by atoms with Crippen molar-refractivity contribution in [2.45, 2.75) is 32.7 Å². The molecular weight excluding hydrogens is 491 g/mol. The SMILES string of the molecule is CCNC(=NCC(=O)N1CCCC1)NCC(C)N1CCN(c2ccccc2)CC1.I. The Bertz CT molecular complexity index is 657. The summed E-state index contributed by atoms with van der Waals surface area (Å²) in [4.78, 5) is 23.6. The van der Waals surface area contributed by atoms with Gasteiger partial charge in [0, 0.05) is 64.1 Å². The van der Waals surface area contributed by atoms with Gasteiger partial charge in [-0.3, -0.25) is 9.69 Å². The van der Waals surface area contributed by atoms with Gasteiger partial charge in [0.1, 0.15) is 6.54 Å². The van der Waals surface area contributed by atoms with Gasteiger partial charge < -0.3 is 20.4 Å². The quantitative estimate of drug-likeness (QED) is 0.322. The van der Waals surface area contributed by atoms with Crippen LogP contribution >= 0.6 is 24.0 Å². The smallest absolute Gasteiger partial charge is 0.244 e. The molecule has 1 amide bonds. The Balaban J connectivity index is 0.00000320. The third-order valence-corrected chi connectivity index (χ3v) is 5.80. The summed E-state index contributed by atoms with van der Waals surface area (Å²) in [5.41, 5.74) is 1.31. The fraction of sp³-hybridized carbons (Fsp3) is 0.636. The highest BCUT2D eigenvalue weighted by atomic mass is 127. The Labute approximate surface area is 198 Å². The van der Waals surface area contributed by atoms with Crippen LogP contribution in [0.4, 0.5) is 5.69 Å². The normalized spacial score (nSPS) is 18.7. The van der Waals surface area contributed by atoms with Gasteiger partial charge in [-0.1, -0.05) is 18.2 Å². The van der Waals surface area contributed by atoms with Gasteiger partial charge in [-0.25, -0.2) is 4.99 Å². The van der Waals surface area contributed by atoms with E-state index in [-0.39, 0.29) is 36.4 Å². The molecule has 7 nitrogen and oxygen atoms in total. The van der Waals surface area contributed by atoms with Crippen LogP contribution in [0.2, 0.25) is 0 Å². The zero-order chi connectivity index (χ0) is 20.5. The molecule has 2 saturated heterocycles. The molecule has 1 unspecified atom stereocenters. The zero-order valence-electron chi connectivity index (χ0n) is 18.3. The fourth-order valence-corrected chi connectivity index (χ4v) is 3.99. The monoisotopic (exact) mass is 528 g/mol. The van der Waals surface area contributed by atoms with E-state index in [1.165, 1.54) is 5.69 Å². The predicted octanol–water partition coefficient (Wildman–Crippen LogP) is 1.99. The van der Waals surface area contributed by atoms with Gasteiger partial charge >= 0.3 is 0 Å². The molecule has 0 aliphatic carbocycles.